The van der Waals surface area contributed by atoms with Crippen LogP contribution < -0.4 is 5.32 Å². The van der Waals surface area contributed by atoms with E-state index in [1.165, 1.54) is 0 Å². The first-order valence-electron chi connectivity index (χ1n) is 6.01. The van der Waals surface area contributed by atoms with Crippen molar-refractivity contribution in [2.24, 2.45) is 0 Å². The second-order valence-electron chi connectivity index (χ2n) is 4.03. The third-order valence-corrected chi connectivity index (χ3v) is 2.62. The van der Waals surface area contributed by atoms with Crippen molar-refractivity contribution >= 4 is 11.6 Å². The summed E-state index contributed by atoms with van der Waals surface area (Å²) in [6, 6.07) is 10.7. The van der Waals surface area contributed by atoms with Crippen LogP contribution in [0.15, 0.2) is 61.2 Å². The molecule has 0 atom stereocenters. The van der Waals surface area contributed by atoms with E-state index in [0.29, 0.717) is 17.2 Å². The number of hydrogen-bond donors (Lipinski definition) is 1. The van der Waals surface area contributed by atoms with Gasteiger partial charge in [-0.1, -0.05) is 12.1 Å². The molecule has 6 heteroatoms. The Balaban J connectivity index is 1.77. The van der Waals surface area contributed by atoms with Crippen molar-refractivity contribution in [3.63, 3.8) is 0 Å². The average molecular weight is 265 g/mol. The van der Waals surface area contributed by atoms with Gasteiger partial charge in [0.05, 0.1) is 18.1 Å². The third kappa shape index (κ3) is 2.54. The van der Waals surface area contributed by atoms with E-state index in [1.807, 2.05) is 18.2 Å². The number of rotatable bonds is 3. The molecule has 3 aromatic heterocycles. The first-order valence-corrected chi connectivity index (χ1v) is 6.01. The van der Waals surface area contributed by atoms with Crippen LogP contribution in [0, 0.1) is 0 Å². The summed E-state index contributed by atoms with van der Waals surface area (Å²) in [7, 11) is 0. The Labute approximate surface area is 115 Å². The highest BCUT2D eigenvalue weighted by atomic mass is 16.1. The van der Waals surface area contributed by atoms with Gasteiger partial charge in [0.15, 0.2) is 5.82 Å². The van der Waals surface area contributed by atoms with Gasteiger partial charge in [-0.2, -0.15) is 5.10 Å². The van der Waals surface area contributed by atoms with Crippen LogP contribution in [0.2, 0.25) is 0 Å². The van der Waals surface area contributed by atoms with Crippen LogP contribution in [0.25, 0.3) is 5.82 Å². The molecule has 0 aliphatic carbocycles. The molecule has 0 saturated heterocycles. The molecule has 0 spiro atoms. The highest BCUT2D eigenvalue weighted by Gasteiger charge is 2.08. The Bertz CT molecular complexity index is 709. The zero-order valence-corrected chi connectivity index (χ0v) is 10.5. The van der Waals surface area contributed by atoms with Crippen LogP contribution in [0.4, 0.5) is 5.69 Å². The van der Waals surface area contributed by atoms with Crippen molar-refractivity contribution in [2.45, 2.75) is 0 Å². The van der Waals surface area contributed by atoms with Gasteiger partial charge in [-0.3, -0.25) is 9.78 Å². The Hall–Kier alpha value is -3.02. The normalized spacial score (nSPS) is 10.2. The molecule has 3 rings (SSSR count). The predicted molar refractivity (Wildman–Crippen MR) is 73.5 cm³/mol. The zero-order chi connectivity index (χ0) is 13.8. The molecule has 98 valence electrons. The lowest BCUT2D eigenvalue weighted by molar-refractivity contribution is 0.102. The minimum Gasteiger partial charge on any atom is -0.318 e. The lowest BCUT2D eigenvalue weighted by Gasteiger charge is -2.01. The number of hydrogen-bond acceptors (Lipinski definition) is 4. The van der Waals surface area contributed by atoms with Gasteiger partial charge in [0.1, 0.15) is 5.69 Å². The molecule has 3 heterocycles. The van der Waals surface area contributed by atoms with Crippen molar-refractivity contribution in [3.8, 4) is 5.82 Å². The van der Waals surface area contributed by atoms with Crippen LogP contribution in [-0.2, 0) is 0 Å². The highest BCUT2D eigenvalue weighted by Crippen LogP contribution is 2.10. The maximum Gasteiger partial charge on any atom is 0.274 e. The van der Waals surface area contributed by atoms with Crippen molar-refractivity contribution in [1.82, 2.24) is 19.7 Å². The molecule has 1 N–H and O–H groups in total. The summed E-state index contributed by atoms with van der Waals surface area (Å²) in [6.07, 6.45) is 6.52. The van der Waals surface area contributed by atoms with Crippen LogP contribution in [0.1, 0.15) is 10.5 Å². The summed E-state index contributed by atoms with van der Waals surface area (Å²) in [5.41, 5.74) is 0.949. The van der Waals surface area contributed by atoms with Crippen molar-refractivity contribution in [2.75, 3.05) is 5.32 Å². The summed E-state index contributed by atoms with van der Waals surface area (Å²) < 4.78 is 1.59. The molecule has 0 unspecified atom stereocenters. The number of pyridine rings is 2. The Morgan fingerprint density at radius 3 is 2.55 bits per heavy atom. The Kier molecular flexibility index (Phi) is 3.20. The first-order chi connectivity index (χ1) is 9.83. The molecular formula is C14H11N5O. The molecule has 0 saturated carbocycles. The SMILES string of the molecule is O=C(Nc1cnn(-c2ccccn2)c1)c1ccccn1. The fourth-order valence-electron chi connectivity index (χ4n) is 1.69. The molecule has 0 fully saturated rings. The molecule has 0 aromatic carbocycles. The topological polar surface area (TPSA) is 72.7 Å². The number of carbonyl (C=O) groups is 1. The first kappa shape index (κ1) is 12.0. The molecule has 0 aliphatic rings. The smallest absolute Gasteiger partial charge is 0.274 e. The van der Waals surface area contributed by atoms with E-state index in [1.54, 1.807) is 47.7 Å². The predicted octanol–water partition coefficient (Wildman–Crippen LogP) is 1.91. The second kappa shape index (κ2) is 5.31. The monoisotopic (exact) mass is 265 g/mol. The largest absolute Gasteiger partial charge is 0.318 e. The van der Waals surface area contributed by atoms with Gasteiger partial charge in [-0.25, -0.2) is 9.67 Å². The zero-order valence-electron chi connectivity index (χ0n) is 10.5. The number of aromatic nitrogens is 4. The summed E-state index contributed by atoms with van der Waals surface area (Å²) >= 11 is 0. The maximum atomic E-state index is 11.9. The van der Waals surface area contributed by atoms with Crippen molar-refractivity contribution in [3.05, 3.63) is 66.9 Å². The molecule has 1 amide bonds. The third-order valence-electron chi connectivity index (χ3n) is 2.62. The lowest BCUT2D eigenvalue weighted by atomic mass is 10.3. The Morgan fingerprint density at radius 1 is 1.05 bits per heavy atom. The van der Waals surface area contributed by atoms with Gasteiger partial charge in [0.2, 0.25) is 0 Å². The van der Waals surface area contributed by atoms with Crippen LogP contribution in [0.3, 0.4) is 0 Å². The molecule has 0 radical (unpaired) electrons. The van der Waals surface area contributed by atoms with Gasteiger partial charge in [-0.15, -0.1) is 0 Å². The molecular weight excluding hydrogens is 254 g/mol. The minimum atomic E-state index is -0.272. The number of anilines is 1. The van der Waals surface area contributed by atoms with Crippen LogP contribution in [0.5, 0.6) is 0 Å². The molecule has 0 bridgehead atoms. The molecule has 6 nitrogen and oxygen atoms in total. The minimum absolute atomic E-state index is 0.272. The van der Waals surface area contributed by atoms with Crippen LogP contribution >= 0.6 is 0 Å². The summed E-state index contributed by atoms with van der Waals surface area (Å²) in [4.78, 5) is 20.1. The van der Waals surface area contributed by atoms with E-state index in [-0.39, 0.29) is 5.91 Å². The van der Waals surface area contributed by atoms with Gasteiger partial charge in [-0.05, 0) is 24.3 Å². The lowest BCUT2D eigenvalue weighted by Crippen LogP contribution is -2.12. The van der Waals surface area contributed by atoms with Crippen molar-refractivity contribution in [1.29, 1.82) is 0 Å². The van der Waals surface area contributed by atoms with Gasteiger partial charge in [0, 0.05) is 12.4 Å². The molecule has 3 aromatic rings. The fraction of sp³-hybridized carbons (Fsp3) is 0. The number of amides is 1. The number of nitrogens with zero attached hydrogens (tertiary/aromatic N) is 4. The summed E-state index contributed by atoms with van der Waals surface area (Å²) in [6.45, 7) is 0. The van der Waals surface area contributed by atoms with E-state index in [2.05, 4.69) is 20.4 Å². The number of nitrogens with one attached hydrogen (secondary N) is 1. The van der Waals surface area contributed by atoms with E-state index in [0.717, 1.165) is 0 Å². The summed E-state index contributed by atoms with van der Waals surface area (Å²) in [5.74, 6) is 0.414. The fourth-order valence-corrected chi connectivity index (χ4v) is 1.69. The molecule has 0 aliphatic heterocycles. The maximum absolute atomic E-state index is 11.9. The second-order valence-corrected chi connectivity index (χ2v) is 4.03. The standard InChI is InChI=1S/C14H11N5O/c20-14(12-5-1-3-7-15-12)18-11-9-17-19(10-11)13-6-2-4-8-16-13/h1-10H,(H,18,20). The van der Waals surface area contributed by atoms with Crippen molar-refractivity contribution < 1.29 is 4.79 Å². The van der Waals surface area contributed by atoms with Gasteiger partial charge < -0.3 is 5.32 Å². The van der Waals surface area contributed by atoms with E-state index in [4.69, 9.17) is 0 Å². The van der Waals surface area contributed by atoms with E-state index >= 15 is 0 Å². The number of carbonyl (C=O) groups excluding carboxylic acids is 1. The Morgan fingerprint density at radius 2 is 1.85 bits per heavy atom. The van der Waals surface area contributed by atoms with E-state index < -0.39 is 0 Å². The van der Waals surface area contributed by atoms with E-state index in [9.17, 15) is 4.79 Å². The molecule has 20 heavy (non-hydrogen) atoms. The highest BCUT2D eigenvalue weighted by molar-refractivity contribution is 6.02. The van der Waals surface area contributed by atoms with Gasteiger partial charge in [0.25, 0.3) is 5.91 Å². The average Bonchev–Trinajstić information content (AvgIpc) is 2.97. The quantitative estimate of drug-likeness (QED) is 0.785. The summed E-state index contributed by atoms with van der Waals surface area (Å²) in [5, 5.41) is 6.89. The van der Waals surface area contributed by atoms with Crippen LogP contribution in [-0.4, -0.2) is 25.7 Å². The van der Waals surface area contributed by atoms with Gasteiger partial charge >= 0.3 is 0 Å².